The molecule has 1 amide bonds. The highest BCUT2D eigenvalue weighted by Crippen LogP contribution is 2.39. The summed E-state index contributed by atoms with van der Waals surface area (Å²) in [5.41, 5.74) is 0.831. The number of halogens is 1. The summed E-state index contributed by atoms with van der Waals surface area (Å²) in [6.45, 7) is 1.63. The van der Waals surface area contributed by atoms with Gasteiger partial charge in [0.15, 0.2) is 0 Å². The Kier molecular flexibility index (Phi) is 4.02. The maximum Gasteiger partial charge on any atom is 0.239 e. The lowest BCUT2D eigenvalue weighted by atomic mass is 10.2. The van der Waals surface area contributed by atoms with Crippen LogP contribution in [0.5, 0.6) is 5.75 Å². The molecule has 0 saturated heterocycles. The van der Waals surface area contributed by atoms with E-state index in [4.69, 9.17) is 20.8 Å². The predicted octanol–water partition coefficient (Wildman–Crippen LogP) is 2.12. The Labute approximate surface area is 143 Å². The van der Waals surface area contributed by atoms with Gasteiger partial charge in [0.2, 0.25) is 17.7 Å². The van der Waals surface area contributed by atoms with Crippen molar-refractivity contribution in [3.63, 3.8) is 0 Å². The molecule has 0 unspecified atom stereocenters. The van der Waals surface area contributed by atoms with E-state index in [1.165, 1.54) is 0 Å². The van der Waals surface area contributed by atoms with Gasteiger partial charge in [-0.25, -0.2) is 0 Å². The first-order valence-electron chi connectivity index (χ1n) is 7.95. The molecular formula is C16H17ClN4O3. The lowest BCUT2D eigenvalue weighted by molar-refractivity contribution is -0.120. The molecule has 7 nitrogen and oxygen atoms in total. The molecule has 0 radical (unpaired) electrons. The second-order valence-electron chi connectivity index (χ2n) is 5.97. The van der Waals surface area contributed by atoms with Crippen molar-refractivity contribution in [1.82, 2.24) is 15.5 Å². The van der Waals surface area contributed by atoms with Gasteiger partial charge >= 0.3 is 0 Å². The molecule has 1 aliphatic carbocycles. The first kappa shape index (κ1) is 15.3. The first-order valence-corrected chi connectivity index (χ1v) is 8.33. The summed E-state index contributed by atoms with van der Waals surface area (Å²) in [6, 6.07) is 5.40. The van der Waals surface area contributed by atoms with Crippen LogP contribution in [0.3, 0.4) is 0 Å². The zero-order chi connectivity index (χ0) is 16.5. The Morgan fingerprint density at radius 2 is 2.25 bits per heavy atom. The number of nitrogens with one attached hydrogen (secondary N) is 1. The van der Waals surface area contributed by atoms with Crippen LogP contribution in [0.1, 0.15) is 30.5 Å². The molecule has 1 fully saturated rings. The van der Waals surface area contributed by atoms with Crippen LogP contribution in [0.25, 0.3) is 0 Å². The van der Waals surface area contributed by atoms with E-state index in [9.17, 15) is 4.79 Å². The molecule has 0 spiro atoms. The molecule has 1 N–H and O–H groups in total. The number of aromatic nitrogens is 2. The van der Waals surface area contributed by atoms with Gasteiger partial charge in [-0.05, 0) is 31.0 Å². The van der Waals surface area contributed by atoms with E-state index in [2.05, 4.69) is 15.5 Å². The molecular weight excluding hydrogens is 332 g/mol. The van der Waals surface area contributed by atoms with Crippen molar-refractivity contribution in [3.05, 3.63) is 35.0 Å². The molecule has 1 aromatic carbocycles. The number of fused-ring (bicyclic) bond motifs is 1. The van der Waals surface area contributed by atoms with Gasteiger partial charge in [-0.3, -0.25) is 4.79 Å². The van der Waals surface area contributed by atoms with Gasteiger partial charge in [0.1, 0.15) is 12.4 Å². The molecule has 4 rings (SSSR count). The van der Waals surface area contributed by atoms with Crippen LogP contribution in [-0.4, -0.2) is 35.8 Å². The number of benzene rings is 1. The van der Waals surface area contributed by atoms with Crippen LogP contribution in [0.2, 0.25) is 5.02 Å². The molecule has 126 valence electrons. The van der Waals surface area contributed by atoms with Gasteiger partial charge < -0.3 is 19.4 Å². The summed E-state index contributed by atoms with van der Waals surface area (Å²) >= 11 is 6.04. The SMILES string of the molecule is O=C(CN1CCOc2ccc(Cl)cc21)NCc1nnc(C2CC2)o1. The van der Waals surface area contributed by atoms with Gasteiger partial charge in [0, 0.05) is 10.9 Å². The number of hydrogen-bond donors (Lipinski definition) is 1. The third-order valence-corrected chi connectivity index (χ3v) is 4.30. The van der Waals surface area contributed by atoms with Crippen LogP contribution in [-0.2, 0) is 11.3 Å². The van der Waals surface area contributed by atoms with E-state index in [1.807, 2.05) is 17.0 Å². The molecule has 1 aliphatic heterocycles. The van der Waals surface area contributed by atoms with E-state index in [1.54, 1.807) is 6.07 Å². The lowest BCUT2D eigenvalue weighted by Crippen LogP contribution is -2.41. The average molecular weight is 349 g/mol. The number of nitrogens with zero attached hydrogens (tertiary/aromatic N) is 3. The standard InChI is InChI=1S/C16H17ClN4O3/c17-11-3-4-13-12(7-11)21(5-6-23-13)9-14(22)18-8-15-19-20-16(24-15)10-1-2-10/h3-4,7,10H,1-2,5-6,8-9H2,(H,18,22). The zero-order valence-electron chi connectivity index (χ0n) is 13.0. The number of ether oxygens (including phenoxy) is 1. The van der Waals surface area contributed by atoms with E-state index < -0.39 is 0 Å². The number of amides is 1. The predicted molar refractivity (Wildman–Crippen MR) is 87.3 cm³/mol. The number of carbonyl (C=O) groups excluding carboxylic acids is 1. The number of hydrogen-bond acceptors (Lipinski definition) is 6. The van der Waals surface area contributed by atoms with Crippen LogP contribution >= 0.6 is 11.6 Å². The molecule has 0 bridgehead atoms. The molecule has 1 saturated carbocycles. The molecule has 2 aliphatic rings. The van der Waals surface area contributed by atoms with E-state index >= 15 is 0 Å². The average Bonchev–Trinajstić information content (AvgIpc) is 3.32. The molecule has 1 aromatic heterocycles. The lowest BCUT2D eigenvalue weighted by Gasteiger charge is -2.30. The van der Waals surface area contributed by atoms with Gasteiger partial charge in [0.25, 0.3) is 0 Å². The minimum absolute atomic E-state index is 0.117. The molecule has 2 aromatic rings. The van der Waals surface area contributed by atoms with Gasteiger partial charge in [0.05, 0.1) is 25.3 Å². The number of anilines is 1. The smallest absolute Gasteiger partial charge is 0.239 e. The third kappa shape index (κ3) is 3.31. The fraction of sp³-hybridized carbons (Fsp3) is 0.438. The van der Waals surface area contributed by atoms with Gasteiger partial charge in [-0.15, -0.1) is 10.2 Å². The maximum absolute atomic E-state index is 12.2. The van der Waals surface area contributed by atoms with E-state index in [0.717, 1.165) is 24.3 Å². The van der Waals surface area contributed by atoms with Crippen molar-refractivity contribution in [2.45, 2.75) is 25.3 Å². The van der Waals surface area contributed by atoms with Crippen LogP contribution in [0.15, 0.2) is 22.6 Å². The number of carbonyl (C=O) groups is 1. The largest absolute Gasteiger partial charge is 0.490 e. The van der Waals surface area contributed by atoms with Crippen molar-refractivity contribution in [3.8, 4) is 5.75 Å². The fourth-order valence-electron chi connectivity index (χ4n) is 2.65. The summed E-state index contributed by atoms with van der Waals surface area (Å²) in [4.78, 5) is 14.2. The van der Waals surface area contributed by atoms with Crippen LogP contribution in [0, 0.1) is 0 Å². The van der Waals surface area contributed by atoms with Crippen molar-refractivity contribution in [1.29, 1.82) is 0 Å². The van der Waals surface area contributed by atoms with Gasteiger partial charge in [-0.2, -0.15) is 0 Å². The van der Waals surface area contributed by atoms with Crippen molar-refractivity contribution < 1.29 is 13.9 Å². The monoisotopic (exact) mass is 348 g/mol. The Bertz CT molecular complexity index is 760. The van der Waals surface area contributed by atoms with Crippen molar-refractivity contribution in [2.75, 3.05) is 24.6 Å². The van der Waals surface area contributed by atoms with E-state index in [-0.39, 0.29) is 19.0 Å². The Balaban J connectivity index is 1.35. The highest BCUT2D eigenvalue weighted by molar-refractivity contribution is 6.31. The summed E-state index contributed by atoms with van der Waals surface area (Å²) in [5.74, 6) is 2.15. The van der Waals surface area contributed by atoms with E-state index in [0.29, 0.717) is 35.9 Å². The fourth-order valence-corrected chi connectivity index (χ4v) is 2.81. The second kappa shape index (κ2) is 6.32. The highest BCUT2D eigenvalue weighted by Gasteiger charge is 2.29. The molecule has 8 heteroatoms. The molecule has 2 heterocycles. The Morgan fingerprint density at radius 3 is 3.08 bits per heavy atom. The molecule has 24 heavy (non-hydrogen) atoms. The molecule has 0 atom stereocenters. The minimum atomic E-state index is -0.117. The normalized spacial score (nSPS) is 16.5. The Hall–Kier alpha value is -2.28. The second-order valence-corrected chi connectivity index (χ2v) is 6.40. The first-order chi connectivity index (χ1) is 11.7. The topological polar surface area (TPSA) is 80.5 Å². The zero-order valence-corrected chi connectivity index (χ0v) is 13.8. The Morgan fingerprint density at radius 1 is 1.38 bits per heavy atom. The van der Waals surface area contributed by atoms with Crippen LogP contribution < -0.4 is 15.0 Å². The summed E-state index contributed by atoms with van der Waals surface area (Å²) in [6.07, 6.45) is 2.21. The van der Waals surface area contributed by atoms with Crippen molar-refractivity contribution in [2.24, 2.45) is 0 Å². The quantitative estimate of drug-likeness (QED) is 0.891. The highest BCUT2D eigenvalue weighted by atomic mass is 35.5. The maximum atomic E-state index is 12.2. The third-order valence-electron chi connectivity index (χ3n) is 4.06. The van der Waals surface area contributed by atoms with Crippen LogP contribution in [0.4, 0.5) is 5.69 Å². The minimum Gasteiger partial charge on any atom is -0.490 e. The summed E-state index contributed by atoms with van der Waals surface area (Å²) in [7, 11) is 0. The van der Waals surface area contributed by atoms with Gasteiger partial charge in [-0.1, -0.05) is 11.6 Å². The number of rotatable bonds is 5. The van der Waals surface area contributed by atoms with Crippen molar-refractivity contribution >= 4 is 23.2 Å². The summed E-state index contributed by atoms with van der Waals surface area (Å²) in [5, 5.41) is 11.4. The summed E-state index contributed by atoms with van der Waals surface area (Å²) < 4.78 is 11.1.